The maximum Gasteiger partial charge on any atom is 0.424 e. The Morgan fingerprint density at radius 2 is 1.86 bits per heavy atom. The van der Waals surface area contributed by atoms with Gasteiger partial charge in [-0.05, 0) is 63.3 Å². The number of hydrogen-bond donors (Lipinski definition) is 1. The molecule has 0 bridgehead atoms. The number of hydrazine groups is 1. The van der Waals surface area contributed by atoms with E-state index in [0.717, 1.165) is 27.3 Å². The topological polar surface area (TPSA) is 121 Å². The van der Waals surface area contributed by atoms with E-state index in [9.17, 15) is 14.5 Å². The molecule has 1 aliphatic carbocycles. The molecule has 9 nitrogen and oxygen atoms in total. The van der Waals surface area contributed by atoms with E-state index >= 15 is 0 Å². The summed E-state index contributed by atoms with van der Waals surface area (Å²) in [6.45, 7) is 13.1. The molecule has 1 aromatic carbocycles. The van der Waals surface area contributed by atoms with E-state index in [0.29, 0.717) is 6.42 Å². The predicted octanol–water partition coefficient (Wildman–Crippen LogP) is 4.89. The molecule has 36 heavy (non-hydrogen) atoms. The Labute approximate surface area is 212 Å². The number of ether oxygens (including phenoxy) is 3. The molecular formula is C27H37N3O6. The Morgan fingerprint density at radius 1 is 1.17 bits per heavy atom. The van der Waals surface area contributed by atoms with E-state index < -0.39 is 29.8 Å². The molecule has 9 heteroatoms. The number of allylic oxidation sites excluding steroid dienone is 4. The molecule has 1 aliphatic rings. The van der Waals surface area contributed by atoms with E-state index in [1.54, 1.807) is 19.9 Å². The minimum absolute atomic E-state index is 0.106. The first-order valence-corrected chi connectivity index (χ1v) is 11.9. The number of carbonyl (C=O) groups is 2. The van der Waals surface area contributed by atoms with Gasteiger partial charge in [0.05, 0.1) is 17.8 Å². The van der Waals surface area contributed by atoms with Crippen LogP contribution in [0.1, 0.15) is 58.1 Å². The van der Waals surface area contributed by atoms with Crippen LogP contribution in [0.15, 0.2) is 59.8 Å². The van der Waals surface area contributed by atoms with Crippen molar-refractivity contribution < 1.29 is 23.8 Å². The maximum atomic E-state index is 12.6. The second-order valence-corrected chi connectivity index (χ2v) is 9.80. The zero-order valence-electron chi connectivity index (χ0n) is 21.8. The summed E-state index contributed by atoms with van der Waals surface area (Å²) >= 11 is 0. The molecular weight excluding hydrogens is 462 g/mol. The van der Waals surface area contributed by atoms with Crippen molar-refractivity contribution >= 4 is 17.6 Å². The van der Waals surface area contributed by atoms with Crippen molar-refractivity contribution in [1.29, 1.82) is 0 Å². The van der Waals surface area contributed by atoms with Crippen molar-refractivity contribution in [3.63, 3.8) is 0 Å². The van der Waals surface area contributed by atoms with Crippen molar-refractivity contribution in [2.45, 2.75) is 58.2 Å². The molecule has 0 heterocycles. The first-order valence-electron chi connectivity index (χ1n) is 11.9. The first-order chi connectivity index (χ1) is 16.9. The number of nitrogens with zero attached hydrogens (tertiary/aromatic N) is 2. The average molecular weight is 500 g/mol. The quantitative estimate of drug-likeness (QED) is 0.188. The molecule has 1 unspecified atom stereocenters. The highest BCUT2D eigenvalue weighted by molar-refractivity contribution is 5.88. The Bertz CT molecular complexity index is 1030. The van der Waals surface area contributed by atoms with Crippen molar-refractivity contribution in [3.8, 4) is 0 Å². The van der Waals surface area contributed by atoms with E-state index in [2.05, 4.69) is 23.9 Å². The van der Waals surface area contributed by atoms with Gasteiger partial charge in [-0.3, -0.25) is 4.79 Å². The SMILES string of the molecule is C=C/C=C1\C(=C/C)c2ccccc2C1COC(=O)N(N)CCC(C)(C)OCC(C)(C)OCC(=O)N=O. The number of amides is 2. The van der Waals surface area contributed by atoms with Gasteiger partial charge in [-0.1, -0.05) is 49.1 Å². The minimum Gasteiger partial charge on any atom is -0.447 e. The molecule has 196 valence electrons. The lowest BCUT2D eigenvalue weighted by Crippen LogP contribution is -2.43. The second kappa shape index (κ2) is 12.7. The minimum atomic E-state index is -0.880. The molecule has 2 amide bonds. The third-order valence-corrected chi connectivity index (χ3v) is 5.96. The van der Waals surface area contributed by atoms with Gasteiger partial charge >= 0.3 is 12.0 Å². The van der Waals surface area contributed by atoms with Gasteiger partial charge in [0.25, 0.3) is 0 Å². The van der Waals surface area contributed by atoms with Gasteiger partial charge in [0.2, 0.25) is 0 Å². The normalized spacial score (nSPS) is 17.7. The summed E-state index contributed by atoms with van der Waals surface area (Å²) in [6, 6.07) is 8.06. The van der Waals surface area contributed by atoms with Crippen molar-refractivity contribution in [2.24, 2.45) is 11.0 Å². The molecule has 2 rings (SSSR count). The van der Waals surface area contributed by atoms with Crippen LogP contribution in [0.25, 0.3) is 5.57 Å². The van der Waals surface area contributed by atoms with Gasteiger partial charge in [0, 0.05) is 17.6 Å². The number of hydrogen-bond acceptors (Lipinski definition) is 7. The van der Waals surface area contributed by atoms with Gasteiger partial charge in [-0.15, -0.1) is 4.91 Å². The summed E-state index contributed by atoms with van der Waals surface area (Å²) in [7, 11) is 0. The number of fused-ring (bicyclic) bond motifs is 1. The molecule has 0 fully saturated rings. The highest BCUT2D eigenvalue weighted by atomic mass is 16.6. The molecule has 0 saturated heterocycles. The lowest BCUT2D eigenvalue weighted by Gasteiger charge is -2.32. The van der Waals surface area contributed by atoms with Crippen LogP contribution in [0.5, 0.6) is 0 Å². The van der Waals surface area contributed by atoms with E-state index in [1.165, 1.54) is 0 Å². The number of nitroso groups, excluding NO2 is 1. The van der Waals surface area contributed by atoms with Crippen LogP contribution in [0.4, 0.5) is 4.79 Å². The lowest BCUT2D eigenvalue weighted by atomic mass is 9.97. The van der Waals surface area contributed by atoms with E-state index in [-0.39, 0.29) is 25.7 Å². The summed E-state index contributed by atoms with van der Waals surface area (Å²) in [4.78, 5) is 33.9. The maximum absolute atomic E-state index is 12.6. The third-order valence-electron chi connectivity index (χ3n) is 5.96. The van der Waals surface area contributed by atoms with Crippen LogP contribution in [-0.2, 0) is 19.0 Å². The smallest absolute Gasteiger partial charge is 0.424 e. The fourth-order valence-electron chi connectivity index (χ4n) is 3.88. The summed E-state index contributed by atoms with van der Waals surface area (Å²) in [5, 5.41) is 3.35. The van der Waals surface area contributed by atoms with E-state index in [1.807, 2.05) is 45.0 Å². The Morgan fingerprint density at radius 3 is 2.50 bits per heavy atom. The van der Waals surface area contributed by atoms with Crippen LogP contribution in [0.3, 0.4) is 0 Å². The molecule has 0 radical (unpaired) electrons. The molecule has 1 atom stereocenters. The Balaban J connectivity index is 1.90. The fraction of sp³-hybridized carbons (Fsp3) is 0.481. The molecule has 2 N–H and O–H groups in total. The highest BCUT2D eigenvalue weighted by Crippen LogP contribution is 2.45. The van der Waals surface area contributed by atoms with Gasteiger partial charge in [-0.2, -0.15) is 0 Å². The summed E-state index contributed by atoms with van der Waals surface area (Å²) in [5.41, 5.74) is 2.93. The number of rotatable bonds is 12. The number of benzene rings is 1. The molecule has 0 spiro atoms. The molecule has 0 saturated carbocycles. The third kappa shape index (κ3) is 7.94. The predicted molar refractivity (Wildman–Crippen MR) is 139 cm³/mol. The van der Waals surface area contributed by atoms with Crippen LogP contribution >= 0.6 is 0 Å². The van der Waals surface area contributed by atoms with Gasteiger partial charge < -0.3 is 14.2 Å². The van der Waals surface area contributed by atoms with Gasteiger partial charge in [0.1, 0.15) is 13.2 Å². The Kier molecular flexibility index (Phi) is 10.3. The van der Waals surface area contributed by atoms with Crippen LogP contribution < -0.4 is 5.84 Å². The molecule has 0 aliphatic heterocycles. The number of nitrogens with two attached hydrogens (primary N) is 1. The average Bonchev–Trinajstić information content (AvgIpc) is 3.15. The Hall–Kier alpha value is -3.14. The second-order valence-electron chi connectivity index (χ2n) is 9.80. The monoisotopic (exact) mass is 499 g/mol. The van der Waals surface area contributed by atoms with Gasteiger partial charge in [0.15, 0.2) is 0 Å². The van der Waals surface area contributed by atoms with Crippen LogP contribution in [-0.4, -0.2) is 54.6 Å². The van der Waals surface area contributed by atoms with Crippen LogP contribution in [0, 0.1) is 4.91 Å². The van der Waals surface area contributed by atoms with Crippen LogP contribution in [0.2, 0.25) is 0 Å². The zero-order chi connectivity index (χ0) is 26.9. The molecule has 1 aromatic rings. The highest BCUT2D eigenvalue weighted by Gasteiger charge is 2.32. The van der Waals surface area contributed by atoms with Crippen molar-refractivity contribution in [3.05, 3.63) is 70.7 Å². The largest absolute Gasteiger partial charge is 0.447 e. The number of carbonyl (C=O) groups excluding carboxylic acids is 2. The lowest BCUT2D eigenvalue weighted by molar-refractivity contribution is -0.142. The first kappa shape index (κ1) is 29.1. The van der Waals surface area contributed by atoms with E-state index in [4.69, 9.17) is 20.1 Å². The fourth-order valence-corrected chi connectivity index (χ4v) is 3.88. The van der Waals surface area contributed by atoms with Gasteiger partial charge in [-0.25, -0.2) is 15.6 Å². The van der Waals surface area contributed by atoms with Crippen molar-refractivity contribution in [1.82, 2.24) is 5.01 Å². The molecule has 0 aromatic heterocycles. The summed E-state index contributed by atoms with van der Waals surface area (Å²) < 4.78 is 16.9. The zero-order valence-corrected chi connectivity index (χ0v) is 21.8. The standard InChI is InChI=1S/C27H37N3O6/c1-7-11-20-19(8-2)21-12-9-10-13-22(21)23(20)16-34-25(32)30(28)15-14-26(3,4)36-18-27(5,6)35-17-24(31)29-33/h7-13,23H,1,14-18,28H2,2-6H3/b19-8+,20-11+. The summed E-state index contributed by atoms with van der Waals surface area (Å²) in [5.74, 6) is 5.00. The summed E-state index contributed by atoms with van der Waals surface area (Å²) in [6.07, 6.45) is 5.54. The van der Waals surface area contributed by atoms with Crippen molar-refractivity contribution in [2.75, 3.05) is 26.4 Å².